The van der Waals surface area contributed by atoms with E-state index in [0.29, 0.717) is 0 Å². The van der Waals surface area contributed by atoms with Crippen LogP contribution in [0.4, 0.5) is 5.69 Å². The third kappa shape index (κ3) is 2.98. The van der Waals surface area contributed by atoms with Crippen molar-refractivity contribution >= 4 is 5.69 Å². The smallest absolute Gasteiger partial charge is 0.114 e. The second-order valence-electron chi connectivity index (χ2n) is 6.21. The average molecular weight is 336 g/mol. The van der Waals surface area contributed by atoms with Crippen LogP contribution in [0.1, 0.15) is 16.7 Å². The number of nitrogens with one attached hydrogen (secondary N) is 1. The minimum Gasteiger partial charge on any atom is -0.368 e. The molecule has 1 N–H and O–H groups in total. The first-order valence-electron chi connectivity index (χ1n) is 8.74. The molecule has 126 valence electrons. The second-order valence-corrected chi connectivity index (χ2v) is 6.21. The van der Waals surface area contributed by atoms with Crippen molar-refractivity contribution in [1.82, 2.24) is 4.98 Å². The zero-order chi connectivity index (χ0) is 17.7. The summed E-state index contributed by atoms with van der Waals surface area (Å²) in [5, 5.41) is 3.81. The Labute approximate surface area is 154 Å². The molecule has 0 amide bonds. The summed E-state index contributed by atoms with van der Waals surface area (Å²) in [5.74, 6) is 0. The van der Waals surface area contributed by atoms with Crippen molar-refractivity contribution in [3.05, 3.63) is 132 Å². The normalized spacial score (nSPS) is 11.1. The number of hydrogen-bond donors (Lipinski definition) is 1. The van der Waals surface area contributed by atoms with E-state index in [1.165, 1.54) is 11.1 Å². The van der Waals surface area contributed by atoms with Crippen molar-refractivity contribution in [2.75, 3.05) is 5.32 Å². The van der Waals surface area contributed by atoms with E-state index in [0.717, 1.165) is 11.3 Å². The molecule has 4 aromatic rings. The van der Waals surface area contributed by atoms with Crippen LogP contribution in [0, 0.1) is 0 Å². The molecule has 0 radical (unpaired) electrons. The first-order chi connectivity index (χ1) is 12.9. The van der Waals surface area contributed by atoms with Gasteiger partial charge in [0.2, 0.25) is 0 Å². The molecule has 0 aliphatic heterocycles. The van der Waals surface area contributed by atoms with Crippen molar-refractivity contribution in [2.45, 2.75) is 5.54 Å². The molecule has 3 aromatic carbocycles. The monoisotopic (exact) mass is 336 g/mol. The fourth-order valence-corrected chi connectivity index (χ4v) is 3.43. The van der Waals surface area contributed by atoms with Crippen LogP contribution in [-0.4, -0.2) is 4.98 Å². The minimum absolute atomic E-state index is 0.507. The summed E-state index contributed by atoms with van der Waals surface area (Å²) in [6.45, 7) is 0. The number of rotatable bonds is 5. The van der Waals surface area contributed by atoms with Gasteiger partial charge in [-0.25, -0.2) is 0 Å². The number of anilines is 1. The summed E-state index contributed by atoms with van der Waals surface area (Å²) in [7, 11) is 0. The molecule has 0 fully saturated rings. The van der Waals surface area contributed by atoms with E-state index >= 15 is 0 Å². The zero-order valence-corrected chi connectivity index (χ0v) is 14.4. The van der Waals surface area contributed by atoms with Gasteiger partial charge in [0.05, 0.1) is 0 Å². The van der Waals surface area contributed by atoms with Gasteiger partial charge in [-0.3, -0.25) is 4.98 Å². The van der Waals surface area contributed by atoms with Gasteiger partial charge in [-0.2, -0.15) is 0 Å². The summed E-state index contributed by atoms with van der Waals surface area (Å²) in [5.41, 5.74) is 4.07. The lowest BCUT2D eigenvalue weighted by Gasteiger charge is -2.37. The summed E-state index contributed by atoms with van der Waals surface area (Å²) in [4.78, 5) is 4.23. The molecule has 0 atom stereocenters. The number of nitrogens with zero attached hydrogens (tertiary/aromatic N) is 1. The third-order valence-corrected chi connectivity index (χ3v) is 4.63. The molecule has 1 heterocycles. The Morgan fingerprint density at radius 2 is 0.923 bits per heavy atom. The number of aromatic nitrogens is 1. The maximum Gasteiger partial charge on any atom is 0.114 e. The van der Waals surface area contributed by atoms with Gasteiger partial charge < -0.3 is 5.32 Å². The maximum absolute atomic E-state index is 4.23. The highest BCUT2D eigenvalue weighted by Gasteiger charge is 2.36. The molecule has 26 heavy (non-hydrogen) atoms. The van der Waals surface area contributed by atoms with Gasteiger partial charge in [0.15, 0.2) is 0 Å². The summed E-state index contributed by atoms with van der Waals surface area (Å²) < 4.78 is 0. The van der Waals surface area contributed by atoms with E-state index in [-0.39, 0.29) is 0 Å². The SMILES string of the molecule is c1ccc(NC(c2ccccc2)(c2ccccc2)c2ccncc2)cc1. The topological polar surface area (TPSA) is 24.9 Å². The average Bonchev–Trinajstić information content (AvgIpc) is 2.75. The largest absolute Gasteiger partial charge is 0.368 e. The fraction of sp³-hybridized carbons (Fsp3) is 0.0417. The van der Waals surface area contributed by atoms with Crippen LogP contribution in [0.25, 0.3) is 0 Å². The molecule has 0 saturated heterocycles. The minimum atomic E-state index is -0.507. The zero-order valence-electron chi connectivity index (χ0n) is 14.4. The quantitative estimate of drug-likeness (QED) is 0.521. The Bertz CT molecular complexity index is 840. The van der Waals surface area contributed by atoms with Crippen LogP contribution in [0.2, 0.25) is 0 Å². The van der Waals surface area contributed by atoms with Crippen LogP contribution in [-0.2, 0) is 5.54 Å². The van der Waals surface area contributed by atoms with Gasteiger partial charge in [0, 0.05) is 18.1 Å². The van der Waals surface area contributed by atoms with Crippen molar-refractivity contribution in [1.29, 1.82) is 0 Å². The Hall–Kier alpha value is -3.39. The molecule has 2 heteroatoms. The maximum atomic E-state index is 4.23. The fourth-order valence-electron chi connectivity index (χ4n) is 3.43. The molecular weight excluding hydrogens is 316 g/mol. The molecule has 0 unspecified atom stereocenters. The number of hydrogen-bond acceptors (Lipinski definition) is 2. The van der Waals surface area contributed by atoms with Gasteiger partial charge in [-0.15, -0.1) is 0 Å². The van der Waals surface area contributed by atoms with E-state index in [1.807, 2.05) is 30.6 Å². The lowest BCUT2D eigenvalue weighted by atomic mass is 9.77. The van der Waals surface area contributed by atoms with Gasteiger partial charge in [-0.05, 0) is 41.0 Å². The highest BCUT2D eigenvalue weighted by atomic mass is 15.0. The number of para-hydroxylation sites is 1. The van der Waals surface area contributed by atoms with E-state index < -0.39 is 5.54 Å². The predicted molar refractivity (Wildman–Crippen MR) is 107 cm³/mol. The second kappa shape index (κ2) is 7.24. The standard InChI is InChI=1S/C24H20N2/c1-4-10-20(11-5-1)24(21-12-6-2-7-13-21,22-16-18-25-19-17-22)26-23-14-8-3-9-15-23/h1-19,26H. The van der Waals surface area contributed by atoms with Crippen LogP contribution in [0.15, 0.2) is 116 Å². The molecule has 1 aromatic heterocycles. The Kier molecular flexibility index (Phi) is 4.48. The van der Waals surface area contributed by atoms with Gasteiger partial charge >= 0.3 is 0 Å². The molecular formula is C24H20N2. The van der Waals surface area contributed by atoms with E-state index in [2.05, 4.69) is 95.2 Å². The van der Waals surface area contributed by atoms with Crippen LogP contribution in [0.5, 0.6) is 0 Å². The van der Waals surface area contributed by atoms with E-state index in [9.17, 15) is 0 Å². The van der Waals surface area contributed by atoms with Crippen LogP contribution in [0.3, 0.4) is 0 Å². The predicted octanol–water partition coefficient (Wildman–Crippen LogP) is 5.49. The molecule has 0 bridgehead atoms. The number of pyridine rings is 1. The Morgan fingerprint density at radius 1 is 0.500 bits per heavy atom. The molecule has 0 saturated carbocycles. The van der Waals surface area contributed by atoms with Gasteiger partial charge in [0.25, 0.3) is 0 Å². The van der Waals surface area contributed by atoms with Crippen molar-refractivity contribution < 1.29 is 0 Å². The van der Waals surface area contributed by atoms with Crippen molar-refractivity contribution in [2.24, 2.45) is 0 Å². The Morgan fingerprint density at radius 3 is 1.42 bits per heavy atom. The van der Waals surface area contributed by atoms with Gasteiger partial charge in [0.1, 0.15) is 5.54 Å². The lowest BCUT2D eigenvalue weighted by molar-refractivity contribution is 0.710. The van der Waals surface area contributed by atoms with E-state index in [1.54, 1.807) is 0 Å². The number of benzene rings is 3. The van der Waals surface area contributed by atoms with Crippen molar-refractivity contribution in [3.8, 4) is 0 Å². The van der Waals surface area contributed by atoms with E-state index in [4.69, 9.17) is 0 Å². The summed E-state index contributed by atoms with van der Waals surface area (Å²) >= 11 is 0. The lowest BCUT2D eigenvalue weighted by Crippen LogP contribution is -2.38. The summed E-state index contributed by atoms with van der Waals surface area (Å²) in [6.07, 6.45) is 3.70. The van der Waals surface area contributed by atoms with Crippen molar-refractivity contribution in [3.63, 3.8) is 0 Å². The highest BCUT2D eigenvalue weighted by Crippen LogP contribution is 2.39. The van der Waals surface area contributed by atoms with Crippen LogP contribution < -0.4 is 5.32 Å². The molecule has 0 aliphatic rings. The van der Waals surface area contributed by atoms with Crippen LogP contribution >= 0.6 is 0 Å². The molecule has 2 nitrogen and oxygen atoms in total. The molecule has 0 aliphatic carbocycles. The first-order valence-corrected chi connectivity index (χ1v) is 8.74. The molecule has 4 rings (SSSR count). The third-order valence-electron chi connectivity index (χ3n) is 4.63. The highest BCUT2D eigenvalue weighted by molar-refractivity contribution is 5.59. The molecule has 0 spiro atoms. The summed E-state index contributed by atoms with van der Waals surface area (Å²) in [6, 6.07) is 35.6. The van der Waals surface area contributed by atoms with Gasteiger partial charge in [-0.1, -0.05) is 78.9 Å². The Balaban J connectivity index is 2.00. The first kappa shape index (κ1) is 16.1.